The van der Waals surface area contributed by atoms with Crippen molar-refractivity contribution in [2.24, 2.45) is 17.1 Å². The third kappa shape index (κ3) is 6.49. The van der Waals surface area contributed by atoms with E-state index < -0.39 is 0 Å². The molecule has 1 rings (SSSR count). The lowest BCUT2D eigenvalue weighted by molar-refractivity contribution is 0.289. The Bertz CT molecular complexity index is 180. The van der Waals surface area contributed by atoms with Gasteiger partial charge in [-0.2, -0.15) is 0 Å². The van der Waals surface area contributed by atoms with Crippen molar-refractivity contribution in [3.8, 4) is 0 Å². The fraction of sp³-hybridized carbons (Fsp3) is 1.00. The Morgan fingerprint density at radius 1 is 1.25 bits per heavy atom. The average molecular weight is 226 g/mol. The first kappa shape index (κ1) is 14.0. The van der Waals surface area contributed by atoms with Gasteiger partial charge in [0.25, 0.3) is 0 Å². The fourth-order valence-corrected chi connectivity index (χ4v) is 2.39. The Kier molecular flexibility index (Phi) is 5.77. The number of hydrogen-bond acceptors (Lipinski definition) is 2. The molecule has 1 fully saturated rings. The van der Waals surface area contributed by atoms with Crippen LogP contribution in [0, 0.1) is 11.3 Å². The van der Waals surface area contributed by atoms with E-state index in [-0.39, 0.29) is 0 Å². The van der Waals surface area contributed by atoms with Gasteiger partial charge >= 0.3 is 0 Å². The molecule has 0 aromatic rings. The van der Waals surface area contributed by atoms with Crippen LogP contribution in [-0.4, -0.2) is 19.1 Å². The van der Waals surface area contributed by atoms with Crippen LogP contribution in [0.25, 0.3) is 0 Å². The lowest BCUT2D eigenvalue weighted by Gasteiger charge is -2.25. The maximum Gasteiger partial charge on any atom is 0.00558 e. The maximum atomic E-state index is 6.10. The van der Waals surface area contributed by atoms with Crippen molar-refractivity contribution in [1.29, 1.82) is 0 Å². The highest BCUT2D eigenvalue weighted by Crippen LogP contribution is 2.28. The van der Waals surface area contributed by atoms with Crippen LogP contribution < -0.4 is 11.1 Å². The zero-order valence-corrected chi connectivity index (χ0v) is 11.4. The summed E-state index contributed by atoms with van der Waals surface area (Å²) in [6, 6.07) is 0.358. The lowest BCUT2D eigenvalue weighted by Crippen LogP contribution is -2.31. The van der Waals surface area contributed by atoms with Crippen molar-refractivity contribution in [2.75, 3.05) is 13.1 Å². The third-order valence-corrected chi connectivity index (χ3v) is 3.52. The van der Waals surface area contributed by atoms with Crippen LogP contribution >= 0.6 is 0 Å². The van der Waals surface area contributed by atoms with Crippen LogP contribution in [0.2, 0.25) is 0 Å². The summed E-state index contributed by atoms with van der Waals surface area (Å²) in [7, 11) is 0. The average Bonchev–Trinajstić information content (AvgIpc) is 2.04. The van der Waals surface area contributed by atoms with E-state index in [1.54, 1.807) is 0 Å². The molecule has 1 unspecified atom stereocenters. The first-order valence-electron chi connectivity index (χ1n) is 6.94. The summed E-state index contributed by atoms with van der Waals surface area (Å²) in [6.07, 6.45) is 7.99. The quantitative estimate of drug-likeness (QED) is 0.655. The van der Waals surface area contributed by atoms with Gasteiger partial charge in [-0.15, -0.1) is 0 Å². The highest BCUT2D eigenvalue weighted by molar-refractivity contribution is 4.73. The van der Waals surface area contributed by atoms with E-state index >= 15 is 0 Å². The maximum absolute atomic E-state index is 6.10. The molecule has 16 heavy (non-hydrogen) atoms. The van der Waals surface area contributed by atoms with Gasteiger partial charge in [0, 0.05) is 6.04 Å². The molecular formula is C14H30N2. The van der Waals surface area contributed by atoms with Crippen LogP contribution in [0.3, 0.4) is 0 Å². The highest BCUT2D eigenvalue weighted by atomic mass is 14.9. The minimum Gasteiger partial charge on any atom is -0.328 e. The van der Waals surface area contributed by atoms with E-state index in [9.17, 15) is 0 Å². The molecule has 0 spiro atoms. The summed E-state index contributed by atoms with van der Waals surface area (Å²) in [6.45, 7) is 9.06. The monoisotopic (exact) mass is 226 g/mol. The number of nitrogens with two attached hydrogens (primary N) is 1. The van der Waals surface area contributed by atoms with Gasteiger partial charge in [-0.05, 0) is 43.7 Å². The molecule has 1 aliphatic carbocycles. The molecule has 3 N–H and O–H groups in total. The van der Waals surface area contributed by atoms with Gasteiger partial charge < -0.3 is 11.1 Å². The first-order valence-corrected chi connectivity index (χ1v) is 6.94. The Labute approximate surface area is 101 Å². The van der Waals surface area contributed by atoms with Gasteiger partial charge in [0.2, 0.25) is 0 Å². The zero-order valence-electron chi connectivity index (χ0n) is 11.4. The van der Waals surface area contributed by atoms with Gasteiger partial charge in [-0.25, -0.2) is 0 Å². The third-order valence-electron chi connectivity index (χ3n) is 3.52. The predicted molar refractivity (Wildman–Crippen MR) is 71.5 cm³/mol. The smallest absolute Gasteiger partial charge is 0.00558 e. The number of nitrogens with one attached hydrogen (secondary N) is 1. The number of rotatable bonds is 7. The van der Waals surface area contributed by atoms with Crippen molar-refractivity contribution in [1.82, 2.24) is 5.32 Å². The Balaban J connectivity index is 1.89. The molecule has 2 nitrogen and oxygen atoms in total. The minimum atomic E-state index is 0.358. The molecule has 0 saturated heterocycles. The molecule has 2 heteroatoms. The van der Waals surface area contributed by atoms with Crippen LogP contribution in [0.5, 0.6) is 0 Å². The molecule has 0 amide bonds. The molecule has 0 aromatic carbocycles. The molecular weight excluding hydrogens is 196 g/mol. The second kappa shape index (κ2) is 6.61. The first-order chi connectivity index (χ1) is 7.47. The van der Waals surface area contributed by atoms with Gasteiger partial charge in [0.1, 0.15) is 0 Å². The van der Waals surface area contributed by atoms with Crippen LogP contribution in [0.1, 0.15) is 59.3 Å². The number of hydrogen-bond donors (Lipinski definition) is 2. The van der Waals surface area contributed by atoms with Crippen LogP contribution in [0.15, 0.2) is 0 Å². The molecule has 0 aliphatic heterocycles. The second-order valence-corrected chi connectivity index (χ2v) is 6.65. The van der Waals surface area contributed by atoms with Crippen molar-refractivity contribution < 1.29 is 0 Å². The summed E-state index contributed by atoms with van der Waals surface area (Å²) < 4.78 is 0. The van der Waals surface area contributed by atoms with Gasteiger partial charge in [0.15, 0.2) is 0 Å². The standard InChI is InChI=1S/C14H30N2/c1-14(2,3)11-13(15)8-10-16-9-7-12-5-4-6-12/h12-13,16H,4-11,15H2,1-3H3. The molecule has 1 atom stereocenters. The molecule has 96 valence electrons. The molecule has 0 bridgehead atoms. The van der Waals surface area contributed by atoms with E-state index in [0.717, 1.165) is 25.3 Å². The summed E-state index contributed by atoms with van der Waals surface area (Å²) in [4.78, 5) is 0. The normalized spacial score (nSPS) is 19.5. The Hall–Kier alpha value is -0.0800. The Morgan fingerprint density at radius 3 is 2.44 bits per heavy atom. The van der Waals surface area contributed by atoms with Crippen LogP contribution in [-0.2, 0) is 0 Å². The highest BCUT2D eigenvalue weighted by Gasteiger charge is 2.17. The minimum absolute atomic E-state index is 0.358. The second-order valence-electron chi connectivity index (χ2n) is 6.65. The summed E-state index contributed by atoms with van der Waals surface area (Å²) >= 11 is 0. The molecule has 0 aromatic heterocycles. The summed E-state index contributed by atoms with van der Waals surface area (Å²) in [5, 5.41) is 3.52. The fourth-order valence-electron chi connectivity index (χ4n) is 2.39. The molecule has 0 radical (unpaired) electrons. The topological polar surface area (TPSA) is 38.0 Å². The van der Waals surface area contributed by atoms with Gasteiger partial charge in [-0.3, -0.25) is 0 Å². The van der Waals surface area contributed by atoms with Crippen molar-refractivity contribution in [3.63, 3.8) is 0 Å². The van der Waals surface area contributed by atoms with Gasteiger partial charge in [-0.1, -0.05) is 40.0 Å². The lowest BCUT2D eigenvalue weighted by atomic mass is 9.83. The van der Waals surface area contributed by atoms with E-state index in [1.165, 1.54) is 32.2 Å². The van der Waals surface area contributed by atoms with Crippen molar-refractivity contribution in [2.45, 2.75) is 65.3 Å². The molecule has 0 heterocycles. The van der Waals surface area contributed by atoms with Crippen LogP contribution in [0.4, 0.5) is 0 Å². The van der Waals surface area contributed by atoms with E-state index in [4.69, 9.17) is 5.73 Å². The molecule has 1 saturated carbocycles. The predicted octanol–water partition coefficient (Wildman–Crippen LogP) is 2.92. The summed E-state index contributed by atoms with van der Waals surface area (Å²) in [5.74, 6) is 1.02. The SMILES string of the molecule is CC(C)(C)CC(N)CCNCCC1CCC1. The van der Waals surface area contributed by atoms with Gasteiger partial charge in [0.05, 0.1) is 0 Å². The van der Waals surface area contributed by atoms with E-state index in [2.05, 4.69) is 26.1 Å². The Morgan fingerprint density at radius 2 is 1.94 bits per heavy atom. The summed E-state index contributed by atoms with van der Waals surface area (Å²) in [5.41, 5.74) is 6.47. The molecule has 1 aliphatic rings. The van der Waals surface area contributed by atoms with E-state index in [0.29, 0.717) is 11.5 Å². The van der Waals surface area contributed by atoms with E-state index in [1.807, 2.05) is 0 Å². The van der Waals surface area contributed by atoms with Crippen molar-refractivity contribution >= 4 is 0 Å². The van der Waals surface area contributed by atoms with Crippen molar-refractivity contribution in [3.05, 3.63) is 0 Å². The zero-order chi connectivity index (χ0) is 12.0. The largest absolute Gasteiger partial charge is 0.328 e.